The fraction of sp³-hybridized carbons (Fsp3) is 0.385. The van der Waals surface area contributed by atoms with E-state index in [-0.39, 0.29) is 5.92 Å². The van der Waals surface area contributed by atoms with Crippen molar-refractivity contribution in [2.24, 2.45) is 5.92 Å². The van der Waals surface area contributed by atoms with E-state index in [2.05, 4.69) is 0 Å². The minimum atomic E-state index is -4.27. The fourth-order valence-electron chi connectivity index (χ4n) is 2.10. The number of benzene rings is 1. The summed E-state index contributed by atoms with van der Waals surface area (Å²) in [7, 11) is 0. The lowest BCUT2D eigenvalue weighted by Gasteiger charge is -2.08. The van der Waals surface area contributed by atoms with Gasteiger partial charge in [0.25, 0.3) is 0 Å². The van der Waals surface area contributed by atoms with E-state index < -0.39 is 11.7 Å². The van der Waals surface area contributed by atoms with Crippen molar-refractivity contribution in [3.8, 4) is 0 Å². The molecule has 0 aromatic heterocycles. The van der Waals surface area contributed by atoms with Crippen LogP contribution < -0.4 is 0 Å². The Morgan fingerprint density at radius 2 is 2.12 bits per heavy atom. The molecule has 1 fully saturated rings. The van der Waals surface area contributed by atoms with Gasteiger partial charge in [-0.1, -0.05) is 18.2 Å². The van der Waals surface area contributed by atoms with E-state index in [4.69, 9.17) is 5.11 Å². The second-order valence-corrected chi connectivity index (χ2v) is 4.35. The van der Waals surface area contributed by atoms with Gasteiger partial charge in [0.15, 0.2) is 0 Å². The molecule has 17 heavy (non-hydrogen) atoms. The van der Waals surface area contributed by atoms with Crippen molar-refractivity contribution in [1.82, 2.24) is 0 Å². The highest BCUT2D eigenvalue weighted by atomic mass is 19.4. The van der Waals surface area contributed by atoms with Crippen molar-refractivity contribution in [1.29, 1.82) is 0 Å². The van der Waals surface area contributed by atoms with E-state index in [9.17, 15) is 13.2 Å². The molecule has 0 bridgehead atoms. The molecule has 0 aliphatic heterocycles. The standard InChI is InChI=1S/C13H13F3O/c14-13(15,16)11-5-1-3-9(7-11)12-8-10(12)4-2-6-17/h1-3,5-7,10,12,17H,4,8H2/t10-,12-/m1/s1. The van der Waals surface area contributed by atoms with Crippen LogP contribution in [0.1, 0.15) is 29.9 Å². The second kappa shape index (κ2) is 4.43. The number of rotatable bonds is 3. The molecular weight excluding hydrogens is 229 g/mol. The van der Waals surface area contributed by atoms with E-state index >= 15 is 0 Å². The molecule has 92 valence electrons. The summed E-state index contributed by atoms with van der Waals surface area (Å²) in [4.78, 5) is 0. The second-order valence-electron chi connectivity index (χ2n) is 4.35. The van der Waals surface area contributed by atoms with Crippen LogP contribution in [0.25, 0.3) is 0 Å². The van der Waals surface area contributed by atoms with Crippen LogP contribution in [0.2, 0.25) is 0 Å². The number of hydrogen-bond acceptors (Lipinski definition) is 1. The number of allylic oxidation sites excluding steroid dienone is 1. The Hall–Kier alpha value is -1.45. The number of aliphatic hydroxyl groups is 1. The zero-order valence-electron chi connectivity index (χ0n) is 9.11. The Morgan fingerprint density at radius 3 is 2.76 bits per heavy atom. The fourth-order valence-corrected chi connectivity index (χ4v) is 2.10. The maximum Gasteiger partial charge on any atom is 0.416 e. The first-order valence-corrected chi connectivity index (χ1v) is 5.48. The smallest absolute Gasteiger partial charge is 0.416 e. The van der Waals surface area contributed by atoms with Gasteiger partial charge in [-0.25, -0.2) is 0 Å². The lowest BCUT2D eigenvalue weighted by atomic mass is 10.0. The minimum absolute atomic E-state index is 0.202. The maximum atomic E-state index is 12.5. The summed E-state index contributed by atoms with van der Waals surface area (Å²) >= 11 is 0. The summed E-state index contributed by atoms with van der Waals surface area (Å²) in [5.74, 6) is 0.565. The Morgan fingerprint density at radius 1 is 1.35 bits per heavy atom. The van der Waals surface area contributed by atoms with Crippen molar-refractivity contribution < 1.29 is 18.3 Å². The number of alkyl halides is 3. The zero-order chi connectivity index (χ0) is 12.5. The van der Waals surface area contributed by atoms with Gasteiger partial charge in [0, 0.05) is 0 Å². The normalized spacial score (nSPS) is 24.2. The van der Waals surface area contributed by atoms with Gasteiger partial charge in [0.2, 0.25) is 0 Å². The average molecular weight is 242 g/mol. The minimum Gasteiger partial charge on any atom is -0.516 e. The zero-order valence-corrected chi connectivity index (χ0v) is 9.11. The Balaban J connectivity index is 2.09. The molecule has 0 radical (unpaired) electrons. The molecule has 0 amide bonds. The van der Waals surface area contributed by atoms with E-state index in [1.807, 2.05) is 0 Å². The molecule has 1 aromatic carbocycles. The molecule has 1 nitrogen and oxygen atoms in total. The van der Waals surface area contributed by atoms with Crippen molar-refractivity contribution in [3.05, 3.63) is 47.7 Å². The topological polar surface area (TPSA) is 20.2 Å². The summed E-state index contributed by atoms with van der Waals surface area (Å²) in [5.41, 5.74) is 0.162. The monoisotopic (exact) mass is 242 g/mol. The van der Waals surface area contributed by atoms with Gasteiger partial charge in [-0.3, -0.25) is 0 Å². The van der Waals surface area contributed by atoms with Gasteiger partial charge in [-0.2, -0.15) is 13.2 Å². The third-order valence-electron chi connectivity index (χ3n) is 3.11. The number of halogens is 3. The van der Waals surface area contributed by atoms with Crippen LogP contribution in [0.4, 0.5) is 13.2 Å². The molecule has 1 N–H and O–H groups in total. The summed E-state index contributed by atoms with van der Waals surface area (Å²) in [5, 5.41) is 8.52. The molecule has 0 spiro atoms. The van der Waals surface area contributed by atoms with Gasteiger partial charge in [-0.15, -0.1) is 0 Å². The predicted octanol–water partition coefficient (Wildman–Crippen LogP) is 4.27. The van der Waals surface area contributed by atoms with E-state index in [1.54, 1.807) is 12.1 Å². The third-order valence-corrected chi connectivity index (χ3v) is 3.11. The lowest BCUT2D eigenvalue weighted by molar-refractivity contribution is -0.137. The van der Waals surface area contributed by atoms with E-state index in [0.29, 0.717) is 5.92 Å². The molecule has 4 heteroatoms. The molecule has 1 aromatic rings. The highest BCUT2D eigenvalue weighted by Crippen LogP contribution is 2.50. The first-order chi connectivity index (χ1) is 8.02. The number of hydrogen-bond donors (Lipinski definition) is 1. The van der Waals surface area contributed by atoms with Crippen molar-refractivity contribution >= 4 is 0 Å². The van der Waals surface area contributed by atoms with Crippen molar-refractivity contribution in [2.75, 3.05) is 0 Å². The van der Waals surface area contributed by atoms with Gasteiger partial charge < -0.3 is 5.11 Å². The molecule has 1 aliphatic carbocycles. The van der Waals surface area contributed by atoms with Gasteiger partial charge in [0.1, 0.15) is 0 Å². The first-order valence-electron chi connectivity index (χ1n) is 5.48. The van der Waals surface area contributed by atoms with Gasteiger partial charge in [-0.05, 0) is 42.4 Å². The van der Waals surface area contributed by atoms with Gasteiger partial charge >= 0.3 is 6.18 Å². The average Bonchev–Trinajstić information content (AvgIpc) is 3.05. The lowest BCUT2D eigenvalue weighted by Crippen LogP contribution is -2.05. The van der Waals surface area contributed by atoms with Crippen LogP contribution in [0.3, 0.4) is 0 Å². The molecule has 2 rings (SSSR count). The highest BCUT2D eigenvalue weighted by Gasteiger charge is 2.38. The molecule has 1 aliphatic rings. The van der Waals surface area contributed by atoms with Crippen LogP contribution in [0.5, 0.6) is 0 Å². The van der Waals surface area contributed by atoms with Crippen LogP contribution >= 0.6 is 0 Å². The van der Waals surface area contributed by atoms with Crippen LogP contribution in [-0.2, 0) is 6.18 Å². The Bertz CT molecular complexity index is 423. The molecular formula is C13H13F3O. The third kappa shape index (κ3) is 2.81. The summed E-state index contributed by atoms with van der Waals surface area (Å²) in [6.07, 6.45) is -0.0335. The predicted molar refractivity (Wildman–Crippen MR) is 58.7 cm³/mol. The molecule has 1 saturated carbocycles. The Kier molecular flexibility index (Phi) is 3.13. The van der Waals surface area contributed by atoms with E-state index in [0.717, 1.165) is 30.7 Å². The van der Waals surface area contributed by atoms with Crippen LogP contribution in [-0.4, -0.2) is 5.11 Å². The molecule has 0 unspecified atom stereocenters. The van der Waals surface area contributed by atoms with Crippen molar-refractivity contribution in [3.63, 3.8) is 0 Å². The quantitative estimate of drug-likeness (QED) is 0.785. The van der Waals surface area contributed by atoms with Gasteiger partial charge in [0.05, 0.1) is 11.8 Å². The molecule has 0 saturated heterocycles. The SMILES string of the molecule is OC=CC[C@@H]1C[C@@H]1c1cccc(C(F)(F)F)c1. The van der Waals surface area contributed by atoms with Crippen molar-refractivity contribution in [2.45, 2.75) is 24.9 Å². The maximum absolute atomic E-state index is 12.5. The largest absolute Gasteiger partial charge is 0.516 e. The summed E-state index contributed by atoms with van der Waals surface area (Å²) < 4.78 is 37.5. The summed E-state index contributed by atoms with van der Waals surface area (Å²) in [6, 6.07) is 5.51. The summed E-state index contributed by atoms with van der Waals surface area (Å²) in [6.45, 7) is 0. The first kappa shape index (κ1) is 12.0. The van der Waals surface area contributed by atoms with Crippen LogP contribution in [0, 0.1) is 5.92 Å². The van der Waals surface area contributed by atoms with E-state index in [1.165, 1.54) is 12.1 Å². The molecule has 0 heterocycles. The number of aliphatic hydroxyl groups excluding tert-OH is 1. The van der Waals surface area contributed by atoms with Crippen LogP contribution in [0.15, 0.2) is 36.6 Å². The highest BCUT2D eigenvalue weighted by molar-refractivity contribution is 5.32. The Labute approximate surface area is 97.6 Å². The molecule has 2 atom stereocenters.